The van der Waals surface area contributed by atoms with Crippen molar-refractivity contribution in [2.75, 3.05) is 0 Å². The first-order valence-corrected chi connectivity index (χ1v) is 13.3. The third kappa shape index (κ3) is 6.19. The summed E-state index contributed by atoms with van der Waals surface area (Å²) in [5, 5.41) is 0. The largest absolute Gasteiger partial charge is 0.251 e. The first kappa shape index (κ1) is 27.5. The van der Waals surface area contributed by atoms with Crippen LogP contribution < -0.4 is 0 Å². The average molecular weight is 482 g/mol. The monoisotopic (exact) mass is 481 g/mol. The molecule has 0 N–H and O–H groups in total. The lowest BCUT2D eigenvalue weighted by Crippen LogP contribution is -2.06. The number of aromatic nitrogens is 1. The summed E-state index contributed by atoms with van der Waals surface area (Å²) >= 11 is 0. The molecule has 1 aromatic heterocycles. The Morgan fingerprint density at radius 2 is 0.778 bits per heavy atom. The summed E-state index contributed by atoms with van der Waals surface area (Å²) in [6.07, 6.45) is 0. The number of aliphatic imine (C=N–C) groups is 2. The van der Waals surface area contributed by atoms with Crippen molar-refractivity contribution < 1.29 is 0 Å². The van der Waals surface area contributed by atoms with Crippen molar-refractivity contribution in [1.29, 1.82) is 0 Å². The van der Waals surface area contributed by atoms with Gasteiger partial charge < -0.3 is 0 Å². The lowest BCUT2D eigenvalue weighted by molar-refractivity contribution is 0.834. The predicted octanol–water partition coefficient (Wildman–Crippen LogP) is 9.86. The lowest BCUT2D eigenvalue weighted by atomic mass is 9.93. The van der Waals surface area contributed by atoms with E-state index in [-0.39, 0.29) is 0 Å². The highest BCUT2D eigenvalue weighted by Gasteiger charge is 2.16. The summed E-state index contributed by atoms with van der Waals surface area (Å²) in [5.41, 5.74) is 10.9. The highest BCUT2D eigenvalue weighted by Crippen LogP contribution is 2.36. The maximum Gasteiger partial charge on any atom is 0.0849 e. The number of rotatable bonds is 8. The minimum Gasteiger partial charge on any atom is -0.251 e. The van der Waals surface area contributed by atoms with Crippen molar-refractivity contribution >= 4 is 22.8 Å². The van der Waals surface area contributed by atoms with Crippen molar-refractivity contribution in [3.05, 3.63) is 88.2 Å². The average Bonchev–Trinajstić information content (AvgIpc) is 2.83. The molecule has 3 heteroatoms. The zero-order chi connectivity index (χ0) is 26.6. The van der Waals surface area contributed by atoms with Crippen molar-refractivity contribution in [3.63, 3.8) is 0 Å². The summed E-state index contributed by atoms with van der Waals surface area (Å²) < 4.78 is 0. The van der Waals surface area contributed by atoms with E-state index < -0.39 is 0 Å². The molecule has 0 fully saturated rings. The Kier molecular flexibility index (Phi) is 9.00. The molecule has 0 amide bonds. The second-order valence-corrected chi connectivity index (χ2v) is 11.0. The molecule has 0 aliphatic rings. The van der Waals surface area contributed by atoms with Gasteiger partial charge in [-0.2, -0.15) is 0 Å². The summed E-state index contributed by atoms with van der Waals surface area (Å²) in [5.74, 6) is 1.61. The molecule has 0 spiro atoms. The first-order chi connectivity index (χ1) is 17.0. The molecule has 36 heavy (non-hydrogen) atoms. The maximum absolute atomic E-state index is 5.15. The van der Waals surface area contributed by atoms with E-state index in [1.807, 2.05) is 12.1 Å². The van der Waals surface area contributed by atoms with Gasteiger partial charge in [-0.05, 0) is 71.9 Å². The van der Waals surface area contributed by atoms with E-state index in [2.05, 4.69) is 112 Å². The molecule has 3 aromatic rings. The number of nitrogens with zero attached hydrogens (tertiary/aromatic N) is 3. The van der Waals surface area contributed by atoms with Crippen LogP contribution in [0.25, 0.3) is 0 Å². The standard InChI is InChI=1S/C33H43N3/c1-20(2)26-14-11-15-27(21(3)4)32(26)34-24(9)30-18-13-19-31(36-30)25(10)35-33-28(22(5)6)16-12-17-29(33)23(7)8/h11-23H,1-10H3. The molecular formula is C33H43N3. The van der Waals surface area contributed by atoms with Gasteiger partial charge in [-0.3, -0.25) is 9.98 Å². The van der Waals surface area contributed by atoms with Gasteiger partial charge in [-0.1, -0.05) is 97.9 Å². The zero-order valence-corrected chi connectivity index (χ0v) is 23.8. The molecule has 0 unspecified atom stereocenters. The van der Waals surface area contributed by atoms with Crippen LogP contribution in [0.5, 0.6) is 0 Å². The van der Waals surface area contributed by atoms with E-state index in [4.69, 9.17) is 15.0 Å². The zero-order valence-electron chi connectivity index (χ0n) is 23.8. The van der Waals surface area contributed by atoms with Crippen LogP contribution in [0.4, 0.5) is 11.4 Å². The Morgan fingerprint density at radius 3 is 1.06 bits per heavy atom. The summed E-state index contributed by atoms with van der Waals surface area (Å²) in [4.78, 5) is 15.3. The molecule has 0 aliphatic heterocycles. The number of para-hydroxylation sites is 2. The molecule has 0 atom stereocenters. The molecular weight excluding hydrogens is 438 g/mol. The van der Waals surface area contributed by atoms with Gasteiger partial charge in [0.2, 0.25) is 0 Å². The summed E-state index contributed by atoms with van der Waals surface area (Å²) in [6, 6.07) is 19.2. The Bertz CT molecular complexity index is 1110. The highest BCUT2D eigenvalue weighted by molar-refractivity contribution is 6.02. The Hall–Kier alpha value is -3.07. The van der Waals surface area contributed by atoms with Crippen molar-refractivity contribution in [2.24, 2.45) is 9.98 Å². The predicted molar refractivity (Wildman–Crippen MR) is 157 cm³/mol. The van der Waals surface area contributed by atoms with Crippen LogP contribution in [0.15, 0.2) is 64.6 Å². The molecule has 3 rings (SSSR count). The van der Waals surface area contributed by atoms with Gasteiger partial charge in [0, 0.05) is 0 Å². The molecule has 2 aromatic carbocycles. The molecule has 0 radical (unpaired) electrons. The molecule has 1 heterocycles. The van der Waals surface area contributed by atoms with E-state index in [1.165, 1.54) is 22.3 Å². The minimum absolute atomic E-state index is 0.403. The topological polar surface area (TPSA) is 37.6 Å². The number of pyridine rings is 1. The van der Waals surface area contributed by atoms with Crippen LogP contribution in [-0.2, 0) is 0 Å². The van der Waals surface area contributed by atoms with Crippen molar-refractivity contribution in [2.45, 2.75) is 92.9 Å². The number of benzene rings is 2. The third-order valence-electron chi connectivity index (χ3n) is 6.73. The van der Waals surface area contributed by atoms with Crippen LogP contribution >= 0.6 is 0 Å². The Labute approximate surface area is 218 Å². The fourth-order valence-electron chi connectivity index (χ4n) is 4.57. The second-order valence-electron chi connectivity index (χ2n) is 11.0. The van der Waals surface area contributed by atoms with Gasteiger partial charge in [0.1, 0.15) is 0 Å². The van der Waals surface area contributed by atoms with Crippen LogP contribution in [0.2, 0.25) is 0 Å². The van der Waals surface area contributed by atoms with Crippen molar-refractivity contribution in [3.8, 4) is 0 Å². The molecule has 0 bridgehead atoms. The van der Waals surface area contributed by atoms with E-state index in [1.54, 1.807) is 0 Å². The summed E-state index contributed by atoms with van der Waals surface area (Å²) in [6.45, 7) is 22.0. The van der Waals surface area contributed by atoms with Gasteiger partial charge in [-0.25, -0.2) is 4.98 Å². The molecule has 0 saturated carbocycles. The van der Waals surface area contributed by atoms with E-state index in [0.717, 1.165) is 34.2 Å². The Balaban J connectivity index is 2.08. The van der Waals surface area contributed by atoms with Crippen LogP contribution in [0.3, 0.4) is 0 Å². The third-order valence-corrected chi connectivity index (χ3v) is 6.73. The Morgan fingerprint density at radius 1 is 0.500 bits per heavy atom. The normalized spacial score (nSPS) is 12.9. The van der Waals surface area contributed by atoms with E-state index >= 15 is 0 Å². The van der Waals surface area contributed by atoms with Crippen LogP contribution in [0, 0.1) is 0 Å². The second kappa shape index (κ2) is 11.8. The fraction of sp³-hybridized carbons (Fsp3) is 0.424. The molecule has 0 aliphatic carbocycles. The van der Waals surface area contributed by atoms with Gasteiger partial charge in [0.15, 0.2) is 0 Å². The summed E-state index contributed by atoms with van der Waals surface area (Å²) in [7, 11) is 0. The smallest absolute Gasteiger partial charge is 0.0849 e. The van der Waals surface area contributed by atoms with Crippen LogP contribution in [-0.4, -0.2) is 16.4 Å². The van der Waals surface area contributed by atoms with Gasteiger partial charge in [-0.15, -0.1) is 0 Å². The van der Waals surface area contributed by atoms with Crippen LogP contribution in [0.1, 0.15) is 127 Å². The number of hydrogen-bond donors (Lipinski definition) is 0. The SMILES string of the molecule is CC(=Nc1c(C(C)C)cccc1C(C)C)c1cccc(C(C)=Nc2c(C(C)C)cccc2C(C)C)n1. The molecule has 0 saturated heterocycles. The first-order valence-electron chi connectivity index (χ1n) is 13.3. The molecule has 3 nitrogen and oxygen atoms in total. The van der Waals surface area contributed by atoms with Gasteiger partial charge in [0.25, 0.3) is 0 Å². The minimum atomic E-state index is 0.403. The van der Waals surface area contributed by atoms with E-state index in [9.17, 15) is 0 Å². The fourth-order valence-corrected chi connectivity index (χ4v) is 4.57. The highest BCUT2D eigenvalue weighted by atomic mass is 14.8. The molecule has 190 valence electrons. The van der Waals surface area contributed by atoms with Crippen molar-refractivity contribution in [1.82, 2.24) is 4.98 Å². The van der Waals surface area contributed by atoms with Gasteiger partial charge in [0.05, 0.1) is 34.2 Å². The van der Waals surface area contributed by atoms with E-state index in [0.29, 0.717) is 23.7 Å². The number of hydrogen-bond acceptors (Lipinski definition) is 3. The maximum atomic E-state index is 5.15. The quantitative estimate of drug-likeness (QED) is 0.295. The lowest BCUT2D eigenvalue weighted by Gasteiger charge is -2.17. The van der Waals surface area contributed by atoms with Gasteiger partial charge >= 0.3 is 0 Å².